The van der Waals surface area contributed by atoms with Crippen molar-refractivity contribution in [1.29, 1.82) is 0 Å². The molecule has 1 saturated heterocycles. The molecule has 7 heteroatoms. The average Bonchev–Trinajstić information content (AvgIpc) is 2.75. The van der Waals surface area contributed by atoms with E-state index in [-0.39, 0.29) is 5.91 Å². The third-order valence-electron chi connectivity index (χ3n) is 3.58. The lowest BCUT2D eigenvalue weighted by Gasteiger charge is -2.26. The number of carbonyl (C=O) groups is 1. The molecular weight excluding hydrogens is 264 g/mol. The minimum Gasteiger partial charge on any atom is -0.382 e. The number of amides is 1. The van der Waals surface area contributed by atoms with Gasteiger partial charge in [0.2, 0.25) is 0 Å². The van der Waals surface area contributed by atoms with Gasteiger partial charge in [0.15, 0.2) is 5.13 Å². The molecule has 2 aliphatic rings. The van der Waals surface area contributed by atoms with Gasteiger partial charge in [-0.3, -0.25) is 4.79 Å². The van der Waals surface area contributed by atoms with Crippen molar-refractivity contribution < 1.29 is 9.53 Å². The molecule has 2 fully saturated rings. The number of thiazole rings is 1. The molecule has 0 aromatic carbocycles. The molecule has 1 saturated carbocycles. The summed E-state index contributed by atoms with van der Waals surface area (Å²) >= 11 is 1.36. The Morgan fingerprint density at radius 1 is 1.42 bits per heavy atom. The fourth-order valence-corrected chi connectivity index (χ4v) is 3.11. The first-order valence-corrected chi connectivity index (χ1v) is 7.45. The van der Waals surface area contributed by atoms with E-state index < -0.39 is 0 Å². The number of anilines is 2. The summed E-state index contributed by atoms with van der Waals surface area (Å²) in [4.78, 5) is 18.9. The Labute approximate surface area is 115 Å². The monoisotopic (exact) mass is 282 g/mol. The Kier molecular flexibility index (Phi) is 3.56. The number of nitrogens with one attached hydrogen (secondary N) is 1. The molecule has 3 N–H and O–H groups in total. The van der Waals surface area contributed by atoms with Crippen LogP contribution in [0.1, 0.15) is 28.9 Å². The molecule has 0 spiro atoms. The van der Waals surface area contributed by atoms with E-state index in [1.807, 2.05) is 0 Å². The lowest BCUT2D eigenvalue weighted by atomic mass is 9.93. The maximum Gasteiger partial charge on any atom is 0.268 e. The molecule has 1 aromatic heterocycles. The van der Waals surface area contributed by atoms with Gasteiger partial charge in [-0.15, -0.1) is 0 Å². The number of aromatic nitrogens is 1. The summed E-state index contributed by atoms with van der Waals surface area (Å²) in [5.74, 6) is 0.309. The number of hydrogen-bond acceptors (Lipinski definition) is 6. The van der Waals surface area contributed by atoms with Gasteiger partial charge in [0, 0.05) is 19.1 Å². The smallest absolute Gasteiger partial charge is 0.268 e. The first kappa shape index (κ1) is 12.7. The Morgan fingerprint density at radius 2 is 2.16 bits per heavy atom. The molecule has 1 aromatic rings. The van der Waals surface area contributed by atoms with E-state index >= 15 is 0 Å². The summed E-state index contributed by atoms with van der Waals surface area (Å²) in [6.45, 7) is 2.44. The highest BCUT2D eigenvalue weighted by Gasteiger charge is 2.25. The van der Waals surface area contributed by atoms with Crippen LogP contribution in [0.5, 0.6) is 0 Å². The van der Waals surface area contributed by atoms with Gasteiger partial charge in [-0.25, -0.2) is 4.98 Å². The van der Waals surface area contributed by atoms with E-state index in [2.05, 4.69) is 10.3 Å². The van der Waals surface area contributed by atoms with Crippen molar-refractivity contribution in [2.45, 2.75) is 25.3 Å². The molecule has 19 heavy (non-hydrogen) atoms. The number of hydrogen-bond donors (Lipinski definition) is 2. The zero-order valence-corrected chi connectivity index (χ0v) is 11.5. The fraction of sp³-hybridized carbons (Fsp3) is 0.667. The number of nitrogens with zero attached hydrogens (tertiary/aromatic N) is 2. The first-order valence-electron chi connectivity index (χ1n) is 6.64. The van der Waals surface area contributed by atoms with Crippen LogP contribution in [0.25, 0.3) is 0 Å². The number of carbonyl (C=O) groups excluding carboxylic acids is 1. The van der Waals surface area contributed by atoms with Crippen LogP contribution in [0.2, 0.25) is 0 Å². The zero-order chi connectivity index (χ0) is 13.2. The van der Waals surface area contributed by atoms with Crippen LogP contribution in [0.4, 0.5) is 10.9 Å². The van der Waals surface area contributed by atoms with Crippen molar-refractivity contribution in [3.8, 4) is 0 Å². The number of morpholine rings is 1. The SMILES string of the molecule is Nc1nc(NC2CCC2)sc1C(=O)N1CCOCC1. The van der Waals surface area contributed by atoms with Gasteiger partial charge >= 0.3 is 0 Å². The van der Waals surface area contributed by atoms with Crippen molar-refractivity contribution in [3.63, 3.8) is 0 Å². The molecule has 0 unspecified atom stereocenters. The normalized spacial score (nSPS) is 20.1. The predicted molar refractivity (Wildman–Crippen MR) is 74.5 cm³/mol. The van der Waals surface area contributed by atoms with Crippen LogP contribution in [0, 0.1) is 0 Å². The molecule has 104 valence electrons. The molecule has 0 atom stereocenters. The Bertz CT molecular complexity index is 466. The summed E-state index contributed by atoms with van der Waals surface area (Å²) in [6, 6.07) is 0.497. The standard InChI is InChI=1S/C12H18N4O2S/c13-10-9(11(17)16-4-6-18-7-5-16)19-12(15-10)14-8-2-1-3-8/h8H,1-7,13H2,(H,14,15). The molecule has 2 heterocycles. The van der Waals surface area contributed by atoms with Crippen molar-refractivity contribution in [2.24, 2.45) is 0 Å². The zero-order valence-electron chi connectivity index (χ0n) is 10.7. The van der Waals surface area contributed by atoms with Gasteiger partial charge in [-0.2, -0.15) is 0 Å². The van der Waals surface area contributed by atoms with Crippen LogP contribution in [-0.2, 0) is 4.74 Å². The van der Waals surface area contributed by atoms with Crippen LogP contribution < -0.4 is 11.1 Å². The fourth-order valence-electron chi connectivity index (χ4n) is 2.18. The van der Waals surface area contributed by atoms with Gasteiger partial charge in [0.1, 0.15) is 10.7 Å². The highest BCUT2D eigenvalue weighted by molar-refractivity contribution is 7.18. The third kappa shape index (κ3) is 2.66. The number of rotatable bonds is 3. The van der Waals surface area contributed by atoms with Gasteiger partial charge in [-0.1, -0.05) is 11.3 Å². The summed E-state index contributed by atoms with van der Waals surface area (Å²) in [7, 11) is 0. The van der Waals surface area contributed by atoms with Crippen molar-refractivity contribution in [3.05, 3.63) is 4.88 Å². The second-order valence-electron chi connectivity index (χ2n) is 4.91. The summed E-state index contributed by atoms with van der Waals surface area (Å²) in [5, 5.41) is 4.09. The van der Waals surface area contributed by atoms with E-state index in [1.165, 1.54) is 30.6 Å². The largest absolute Gasteiger partial charge is 0.382 e. The van der Waals surface area contributed by atoms with Crippen LogP contribution in [0.15, 0.2) is 0 Å². The van der Waals surface area contributed by atoms with Crippen LogP contribution >= 0.6 is 11.3 Å². The minimum atomic E-state index is -0.0278. The quantitative estimate of drug-likeness (QED) is 0.869. The summed E-state index contributed by atoms with van der Waals surface area (Å²) < 4.78 is 5.25. The maximum atomic E-state index is 12.3. The summed E-state index contributed by atoms with van der Waals surface area (Å²) in [6.07, 6.45) is 3.61. The second-order valence-corrected chi connectivity index (χ2v) is 5.91. The molecule has 1 aliphatic heterocycles. The van der Waals surface area contributed by atoms with Gasteiger partial charge in [0.05, 0.1) is 13.2 Å². The molecule has 1 amide bonds. The van der Waals surface area contributed by atoms with Crippen molar-refractivity contribution in [1.82, 2.24) is 9.88 Å². The van der Waals surface area contributed by atoms with Gasteiger partial charge < -0.3 is 20.7 Å². The highest BCUT2D eigenvalue weighted by Crippen LogP contribution is 2.30. The van der Waals surface area contributed by atoms with Gasteiger partial charge in [-0.05, 0) is 19.3 Å². The van der Waals surface area contributed by atoms with Crippen molar-refractivity contribution >= 4 is 28.2 Å². The topological polar surface area (TPSA) is 80.5 Å². The maximum absolute atomic E-state index is 12.3. The Morgan fingerprint density at radius 3 is 2.79 bits per heavy atom. The van der Waals surface area contributed by atoms with Crippen LogP contribution in [-0.4, -0.2) is 48.1 Å². The average molecular weight is 282 g/mol. The van der Waals surface area contributed by atoms with E-state index in [0.29, 0.717) is 43.0 Å². The number of nitrogens with two attached hydrogens (primary N) is 1. The lowest BCUT2D eigenvalue weighted by molar-refractivity contribution is 0.0306. The highest BCUT2D eigenvalue weighted by atomic mass is 32.1. The lowest BCUT2D eigenvalue weighted by Crippen LogP contribution is -2.40. The summed E-state index contributed by atoms with van der Waals surface area (Å²) in [5.41, 5.74) is 5.86. The van der Waals surface area contributed by atoms with Crippen LogP contribution in [0.3, 0.4) is 0 Å². The third-order valence-corrected chi connectivity index (χ3v) is 4.57. The number of nitrogen functional groups attached to an aromatic ring is 1. The van der Waals surface area contributed by atoms with E-state index in [9.17, 15) is 4.79 Å². The molecule has 3 rings (SSSR count). The first-order chi connectivity index (χ1) is 9.24. The molecule has 0 radical (unpaired) electrons. The number of ether oxygens (including phenoxy) is 1. The van der Waals surface area contributed by atoms with E-state index in [0.717, 1.165) is 5.13 Å². The van der Waals surface area contributed by atoms with Gasteiger partial charge in [0.25, 0.3) is 5.91 Å². The minimum absolute atomic E-state index is 0.0278. The Hall–Kier alpha value is -1.34. The molecule has 0 bridgehead atoms. The van der Waals surface area contributed by atoms with E-state index in [4.69, 9.17) is 10.5 Å². The van der Waals surface area contributed by atoms with E-state index in [1.54, 1.807) is 4.90 Å². The molecule has 1 aliphatic carbocycles. The van der Waals surface area contributed by atoms with Crippen molar-refractivity contribution in [2.75, 3.05) is 37.4 Å². The Balaban J connectivity index is 1.70. The molecule has 6 nitrogen and oxygen atoms in total. The predicted octanol–water partition coefficient (Wildman–Crippen LogP) is 1.16. The second kappa shape index (κ2) is 5.34. The molecular formula is C12H18N4O2S.